The molecule has 162 valence electrons. The molecule has 2 amide bonds. The molecule has 2 aromatic rings. The van der Waals surface area contributed by atoms with Gasteiger partial charge in [0.05, 0.1) is 7.11 Å². The first-order valence-electron chi connectivity index (χ1n) is 10.1. The molecule has 0 radical (unpaired) electrons. The maximum Gasteiger partial charge on any atom is 0.242 e. The van der Waals surface area contributed by atoms with Crippen LogP contribution < -0.4 is 10.1 Å². The summed E-state index contributed by atoms with van der Waals surface area (Å²) >= 11 is 1.64. The Bertz CT molecular complexity index is 834. The predicted octanol–water partition coefficient (Wildman–Crippen LogP) is 4.51. The lowest BCUT2D eigenvalue weighted by atomic mass is 10.1. The molecule has 0 heterocycles. The predicted molar refractivity (Wildman–Crippen MR) is 123 cm³/mol. The molecule has 0 aromatic heterocycles. The van der Waals surface area contributed by atoms with E-state index in [1.54, 1.807) is 30.7 Å². The quantitative estimate of drug-likeness (QED) is 0.597. The molecule has 0 aliphatic carbocycles. The van der Waals surface area contributed by atoms with Crippen molar-refractivity contribution >= 4 is 23.6 Å². The summed E-state index contributed by atoms with van der Waals surface area (Å²) in [6, 6.07) is 17.0. The number of rotatable bonds is 9. The van der Waals surface area contributed by atoms with Crippen molar-refractivity contribution < 1.29 is 14.3 Å². The van der Waals surface area contributed by atoms with E-state index in [4.69, 9.17) is 4.74 Å². The number of hydrogen-bond donors (Lipinski definition) is 1. The minimum absolute atomic E-state index is 0.0437. The highest BCUT2D eigenvalue weighted by Gasteiger charge is 2.28. The zero-order chi connectivity index (χ0) is 22.1. The van der Waals surface area contributed by atoms with Crippen LogP contribution in [0.15, 0.2) is 59.5 Å². The number of thioether (sulfide) groups is 1. The Kier molecular flexibility index (Phi) is 8.78. The molecule has 6 heteroatoms. The molecule has 5 nitrogen and oxygen atoms in total. The molecule has 0 spiro atoms. The van der Waals surface area contributed by atoms with Crippen LogP contribution in [-0.4, -0.2) is 41.2 Å². The number of carbonyl (C=O) groups excluding carboxylic acids is 2. The van der Waals surface area contributed by atoms with E-state index in [9.17, 15) is 9.59 Å². The van der Waals surface area contributed by atoms with E-state index in [1.807, 2.05) is 75.4 Å². The number of nitrogens with one attached hydrogen (secondary N) is 1. The Morgan fingerprint density at radius 3 is 2.43 bits per heavy atom. The van der Waals surface area contributed by atoms with Crippen molar-refractivity contribution in [2.75, 3.05) is 12.9 Å². The van der Waals surface area contributed by atoms with Crippen LogP contribution in [0.3, 0.4) is 0 Å². The SMILES string of the molecule is COc1cccc(CN(C(=O)CCSc2ccccc2)[C@@H](C)C(=O)NC(C)(C)C)c1. The molecule has 0 aliphatic rings. The molecule has 2 aromatic carbocycles. The molecule has 0 bridgehead atoms. The number of methoxy groups -OCH3 is 1. The second-order valence-corrected chi connectivity index (χ2v) is 9.37. The van der Waals surface area contributed by atoms with Crippen LogP contribution in [0.1, 0.15) is 39.7 Å². The van der Waals surface area contributed by atoms with Crippen molar-refractivity contribution in [2.45, 2.75) is 57.1 Å². The largest absolute Gasteiger partial charge is 0.497 e. The molecular weight excluding hydrogens is 396 g/mol. The van der Waals surface area contributed by atoms with E-state index in [0.717, 1.165) is 16.2 Å². The van der Waals surface area contributed by atoms with Gasteiger partial charge in [-0.15, -0.1) is 11.8 Å². The average molecular weight is 429 g/mol. The van der Waals surface area contributed by atoms with E-state index >= 15 is 0 Å². The summed E-state index contributed by atoms with van der Waals surface area (Å²) < 4.78 is 5.30. The summed E-state index contributed by atoms with van der Waals surface area (Å²) in [5.74, 6) is 1.18. The van der Waals surface area contributed by atoms with Crippen LogP contribution in [-0.2, 0) is 16.1 Å². The fraction of sp³-hybridized carbons (Fsp3) is 0.417. The van der Waals surface area contributed by atoms with Gasteiger partial charge in [-0.25, -0.2) is 0 Å². The number of amides is 2. The third-order valence-corrected chi connectivity index (χ3v) is 5.49. The topological polar surface area (TPSA) is 58.6 Å². The smallest absolute Gasteiger partial charge is 0.242 e. The minimum Gasteiger partial charge on any atom is -0.497 e. The van der Waals surface area contributed by atoms with E-state index < -0.39 is 6.04 Å². The molecule has 0 saturated heterocycles. The van der Waals surface area contributed by atoms with E-state index in [0.29, 0.717) is 18.7 Å². The second-order valence-electron chi connectivity index (χ2n) is 8.20. The van der Waals surface area contributed by atoms with E-state index in [1.165, 1.54) is 0 Å². The Hall–Kier alpha value is -2.47. The molecule has 0 aliphatic heterocycles. The minimum atomic E-state index is -0.579. The second kappa shape index (κ2) is 11.1. The Morgan fingerprint density at radius 1 is 1.10 bits per heavy atom. The lowest BCUT2D eigenvalue weighted by molar-refractivity contribution is -0.140. The third-order valence-electron chi connectivity index (χ3n) is 4.48. The van der Waals surface area contributed by atoms with Crippen LogP contribution in [0.2, 0.25) is 0 Å². The molecule has 1 atom stereocenters. The van der Waals surface area contributed by atoms with Gasteiger partial charge in [0.1, 0.15) is 11.8 Å². The summed E-state index contributed by atoms with van der Waals surface area (Å²) in [6.45, 7) is 7.93. The molecule has 0 saturated carbocycles. The van der Waals surface area contributed by atoms with Gasteiger partial charge in [-0.2, -0.15) is 0 Å². The summed E-state index contributed by atoms with van der Waals surface area (Å²) in [5.41, 5.74) is 0.563. The summed E-state index contributed by atoms with van der Waals surface area (Å²) in [5, 5.41) is 2.98. The van der Waals surface area contributed by atoms with Gasteiger partial charge in [0.15, 0.2) is 0 Å². The standard InChI is InChI=1S/C24H32N2O3S/c1-18(23(28)25-24(2,3)4)26(17-19-10-9-11-20(16-19)29-5)22(27)14-15-30-21-12-7-6-8-13-21/h6-13,16,18H,14-15,17H2,1-5H3,(H,25,28)/t18-/m0/s1. The number of ether oxygens (including phenoxy) is 1. The average Bonchev–Trinajstić information content (AvgIpc) is 2.71. The fourth-order valence-corrected chi connectivity index (χ4v) is 3.80. The highest BCUT2D eigenvalue weighted by atomic mass is 32.2. The number of hydrogen-bond acceptors (Lipinski definition) is 4. The summed E-state index contributed by atoms with van der Waals surface area (Å²) in [4.78, 5) is 28.7. The highest BCUT2D eigenvalue weighted by molar-refractivity contribution is 7.99. The highest BCUT2D eigenvalue weighted by Crippen LogP contribution is 2.20. The fourth-order valence-electron chi connectivity index (χ4n) is 2.94. The van der Waals surface area contributed by atoms with Gasteiger partial charge in [0.2, 0.25) is 11.8 Å². The van der Waals surface area contributed by atoms with Crippen LogP contribution in [0.5, 0.6) is 5.75 Å². The van der Waals surface area contributed by atoms with Gasteiger partial charge in [0, 0.05) is 29.2 Å². The van der Waals surface area contributed by atoms with Gasteiger partial charge in [-0.05, 0) is 57.5 Å². The first-order chi connectivity index (χ1) is 14.2. The lowest BCUT2D eigenvalue weighted by Gasteiger charge is -2.31. The number of nitrogens with zero attached hydrogens (tertiary/aromatic N) is 1. The Labute approximate surface area is 184 Å². The molecular formula is C24H32N2O3S. The molecule has 30 heavy (non-hydrogen) atoms. The summed E-state index contributed by atoms with van der Waals surface area (Å²) in [6.07, 6.45) is 0.358. The van der Waals surface area contributed by atoms with Crippen LogP contribution in [0.25, 0.3) is 0 Å². The van der Waals surface area contributed by atoms with Gasteiger partial charge in [0.25, 0.3) is 0 Å². The lowest BCUT2D eigenvalue weighted by Crippen LogP contribution is -2.52. The van der Waals surface area contributed by atoms with Crippen molar-refractivity contribution in [3.8, 4) is 5.75 Å². The van der Waals surface area contributed by atoms with Gasteiger partial charge >= 0.3 is 0 Å². The van der Waals surface area contributed by atoms with Crippen molar-refractivity contribution in [1.29, 1.82) is 0 Å². The van der Waals surface area contributed by atoms with Gasteiger partial charge in [-0.1, -0.05) is 30.3 Å². The Balaban J connectivity index is 2.12. The molecule has 2 rings (SSSR count). The maximum absolute atomic E-state index is 13.1. The van der Waals surface area contributed by atoms with Crippen LogP contribution >= 0.6 is 11.8 Å². The van der Waals surface area contributed by atoms with Crippen molar-refractivity contribution in [3.05, 3.63) is 60.2 Å². The first-order valence-corrected chi connectivity index (χ1v) is 11.1. The molecule has 1 N–H and O–H groups in total. The van der Waals surface area contributed by atoms with Crippen molar-refractivity contribution in [2.24, 2.45) is 0 Å². The van der Waals surface area contributed by atoms with E-state index in [-0.39, 0.29) is 17.4 Å². The zero-order valence-electron chi connectivity index (χ0n) is 18.5. The Morgan fingerprint density at radius 2 is 1.80 bits per heavy atom. The summed E-state index contributed by atoms with van der Waals surface area (Å²) in [7, 11) is 1.61. The van der Waals surface area contributed by atoms with Crippen molar-refractivity contribution in [1.82, 2.24) is 10.2 Å². The van der Waals surface area contributed by atoms with Gasteiger partial charge in [-0.3, -0.25) is 9.59 Å². The van der Waals surface area contributed by atoms with Crippen LogP contribution in [0.4, 0.5) is 0 Å². The number of carbonyl (C=O) groups is 2. The van der Waals surface area contributed by atoms with Gasteiger partial charge < -0.3 is 15.0 Å². The normalized spacial score (nSPS) is 12.2. The zero-order valence-corrected chi connectivity index (χ0v) is 19.3. The number of benzene rings is 2. The van der Waals surface area contributed by atoms with Crippen molar-refractivity contribution in [3.63, 3.8) is 0 Å². The molecule has 0 fully saturated rings. The first kappa shape index (κ1) is 23.8. The van der Waals surface area contributed by atoms with Crippen LogP contribution in [0, 0.1) is 0 Å². The monoisotopic (exact) mass is 428 g/mol. The molecule has 0 unspecified atom stereocenters. The maximum atomic E-state index is 13.1. The third kappa shape index (κ3) is 7.75. The van der Waals surface area contributed by atoms with E-state index in [2.05, 4.69) is 5.32 Å².